The molecule has 0 radical (unpaired) electrons. The molecule has 1 N–H and O–H groups in total. The highest BCUT2D eigenvalue weighted by Gasteiger charge is 2.27. The van der Waals surface area contributed by atoms with Gasteiger partial charge in [-0.1, -0.05) is 19.2 Å². The molecule has 3 heterocycles. The fourth-order valence-corrected chi connectivity index (χ4v) is 3.70. The minimum atomic E-state index is -0.251. The Bertz CT molecular complexity index is 838. The standard InChI is InChI=1S/C16H18N4OS/c1-19-8-11(7-18-19)14-9-20(22)16-13(14)5-10(6-17-16)12-3-2-4-15(12)21/h5-9,12,15,21-22H,2-4H2,1H3/t12?,15-/m1/s1. The Kier molecular flexibility index (Phi) is 3.23. The van der Waals surface area contributed by atoms with E-state index >= 15 is 0 Å². The fourth-order valence-electron chi connectivity index (χ4n) is 3.43. The van der Waals surface area contributed by atoms with Gasteiger partial charge in [0, 0.05) is 48.1 Å². The van der Waals surface area contributed by atoms with Gasteiger partial charge in [0.15, 0.2) is 0 Å². The Morgan fingerprint density at radius 2 is 2.14 bits per heavy atom. The lowest BCUT2D eigenvalue weighted by Gasteiger charge is -2.14. The third kappa shape index (κ3) is 2.14. The number of aryl methyl sites for hydroxylation is 1. The van der Waals surface area contributed by atoms with Crippen LogP contribution < -0.4 is 0 Å². The molecule has 0 spiro atoms. The zero-order valence-corrected chi connectivity index (χ0v) is 13.2. The Morgan fingerprint density at radius 3 is 2.82 bits per heavy atom. The first kappa shape index (κ1) is 13.8. The fraction of sp³-hybridized carbons (Fsp3) is 0.375. The van der Waals surface area contributed by atoms with Crippen molar-refractivity contribution in [3.8, 4) is 11.1 Å². The molecule has 0 amide bonds. The van der Waals surface area contributed by atoms with Crippen LogP contribution in [0.1, 0.15) is 30.7 Å². The maximum atomic E-state index is 10.1. The van der Waals surface area contributed by atoms with Crippen LogP contribution in [0.15, 0.2) is 30.9 Å². The number of hydrogen-bond acceptors (Lipinski definition) is 4. The summed E-state index contributed by atoms with van der Waals surface area (Å²) < 4.78 is 3.53. The summed E-state index contributed by atoms with van der Waals surface area (Å²) in [6.45, 7) is 0. The average Bonchev–Trinajstić information content (AvgIpc) is 3.19. The highest BCUT2D eigenvalue weighted by atomic mass is 32.1. The molecule has 0 saturated heterocycles. The topological polar surface area (TPSA) is 55.9 Å². The quantitative estimate of drug-likeness (QED) is 0.715. The van der Waals surface area contributed by atoms with Crippen molar-refractivity contribution >= 4 is 23.8 Å². The van der Waals surface area contributed by atoms with Crippen LogP contribution in [0.25, 0.3) is 22.2 Å². The summed E-state index contributed by atoms with van der Waals surface area (Å²) in [5, 5.41) is 15.4. The highest BCUT2D eigenvalue weighted by molar-refractivity contribution is 7.78. The Morgan fingerprint density at radius 1 is 1.27 bits per heavy atom. The lowest BCUT2D eigenvalue weighted by molar-refractivity contribution is 0.164. The highest BCUT2D eigenvalue weighted by Crippen LogP contribution is 2.37. The van der Waals surface area contributed by atoms with Gasteiger partial charge >= 0.3 is 0 Å². The number of aromatic nitrogens is 4. The van der Waals surface area contributed by atoms with Crippen LogP contribution in [0.5, 0.6) is 0 Å². The smallest absolute Gasteiger partial charge is 0.150 e. The molecule has 1 aliphatic rings. The van der Waals surface area contributed by atoms with Crippen LogP contribution in [0.3, 0.4) is 0 Å². The molecule has 4 rings (SSSR count). The molecular weight excluding hydrogens is 296 g/mol. The number of hydrogen-bond donors (Lipinski definition) is 2. The van der Waals surface area contributed by atoms with Gasteiger partial charge in [-0.15, -0.1) is 0 Å². The van der Waals surface area contributed by atoms with Gasteiger partial charge in [-0.2, -0.15) is 5.10 Å². The first-order chi connectivity index (χ1) is 10.6. The van der Waals surface area contributed by atoms with Crippen molar-refractivity contribution in [2.45, 2.75) is 31.3 Å². The number of pyridine rings is 1. The van der Waals surface area contributed by atoms with Crippen molar-refractivity contribution in [3.05, 3.63) is 36.4 Å². The van der Waals surface area contributed by atoms with Crippen molar-refractivity contribution in [2.75, 3.05) is 0 Å². The van der Waals surface area contributed by atoms with E-state index in [0.717, 1.165) is 47.0 Å². The van der Waals surface area contributed by atoms with Gasteiger partial charge in [0.2, 0.25) is 0 Å². The summed E-state index contributed by atoms with van der Waals surface area (Å²) in [4.78, 5) is 4.56. The van der Waals surface area contributed by atoms with Gasteiger partial charge in [-0.05, 0) is 24.5 Å². The van der Waals surface area contributed by atoms with Gasteiger partial charge in [0.05, 0.1) is 12.3 Å². The molecule has 114 valence electrons. The van der Waals surface area contributed by atoms with Gasteiger partial charge in [-0.25, -0.2) is 4.98 Å². The van der Waals surface area contributed by atoms with Crippen molar-refractivity contribution in [2.24, 2.45) is 7.05 Å². The SMILES string of the molecule is Cn1cc(-c2cn(S)c3ncc(C4CCC[C@H]4O)cc23)cn1. The molecule has 5 nitrogen and oxygen atoms in total. The summed E-state index contributed by atoms with van der Waals surface area (Å²) >= 11 is 4.47. The second-order valence-corrected chi connectivity index (χ2v) is 6.47. The van der Waals surface area contributed by atoms with Crippen LogP contribution in [0.2, 0.25) is 0 Å². The van der Waals surface area contributed by atoms with Crippen molar-refractivity contribution in [1.82, 2.24) is 18.7 Å². The minimum Gasteiger partial charge on any atom is -0.392 e. The monoisotopic (exact) mass is 314 g/mol. The molecule has 1 fully saturated rings. The summed E-state index contributed by atoms with van der Waals surface area (Å²) in [7, 11) is 1.90. The van der Waals surface area contributed by atoms with Crippen molar-refractivity contribution in [1.29, 1.82) is 0 Å². The number of fused-ring (bicyclic) bond motifs is 1. The van der Waals surface area contributed by atoms with E-state index in [1.165, 1.54) is 0 Å². The lowest BCUT2D eigenvalue weighted by Crippen LogP contribution is -2.11. The lowest BCUT2D eigenvalue weighted by atomic mass is 9.96. The number of aliphatic hydroxyl groups excluding tert-OH is 1. The summed E-state index contributed by atoms with van der Waals surface area (Å²) in [5.74, 6) is 0.196. The molecule has 2 atom stereocenters. The van der Waals surface area contributed by atoms with E-state index < -0.39 is 0 Å². The predicted molar refractivity (Wildman–Crippen MR) is 88.9 cm³/mol. The van der Waals surface area contributed by atoms with Gasteiger partial charge in [0.25, 0.3) is 0 Å². The van der Waals surface area contributed by atoms with Crippen LogP contribution in [0, 0.1) is 0 Å². The molecule has 1 unspecified atom stereocenters. The second kappa shape index (κ2) is 5.14. The largest absolute Gasteiger partial charge is 0.392 e. The van der Waals surface area contributed by atoms with E-state index in [-0.39, 0.29) is 12.0 Å². The molecule has 6 heteroatoms. The van der Waals surface area contributed by atoms with Gasteiger partial charge < -0.3 is 5.11 Å². The molecule has 1 saturated carbocycles. The Labute approximate surface area is 134 Å². The number of thiol groups is 1. The summed E-state index contributed by atoms with van der Waals surface area (Å²) in [6, 6.07) is 2.15. The summed E-state index contributed by atoms with van der Waals surface area (Å²) in [6.07, 6.45) is 10.4. The third-order valence-electron chi connectivity index (χ3n) is 4.57. The van der Waals surface area contributed by atoms with E-state index in [2.05, 4.69) is 29.0 Å². The van der Waals surface area contributed by atoms with Crippen LogP contribution >= 0.6 is 12.8 Å². The second-order valence-electron chi connectivity index (χ2n) is 6.03. The first-order valence-electron chi connectivity index (χ1n) is 7.51. The van der Waals surface area contributed by atoms with E-state index in [0.29, 0.717) is 0 Å². The zero-order valence-electron chi connectivity index (χ0n) is 12.3. The molecule has 0 aliphatic heterocycles. The molecule has 3 aromatic rings. The van der Waals surface area contributed by atoms with E-state index in [4.69, 9.17) is 0 Å². The maximum Gasteiger partial charge on any atom is 0.150 e. The number of aliphatic hydroxyl groups is 1. The average molecular weight is 314 g/mol. The van der Waals surface area contributed by atoms with Crippen molar-refractivity contribution < 1.29 is 5.11 Å². The zero-order chi connectivity index (χ0) is 15.3. The van der Waals surface area contributed by atoms with Gasteiger partial charge in [0.1, 0.15) is 5.65 Å². The molecular formula is C16H18N4OS. The summed E-state index contributed by atoms with van der Waals surface area (Å²) in [5.41, 5.74) is 4.06. The molecule has 22 heavy (non-hydrogen) atoms. The molecule has 0 aromatic carbocycles. The molecule has 0 bridgehead atoms. The van der Waals surface area contributed by atoms with Crippen LogP contribution in [-0.2, 0) is 7.05 Å². The third-order valence-corrected chi connectivity index (χ3v) is 4.87. The normalized spacial score (nSPS) is 21.8. The van der Waals surface area contributed by atoms with Crippen LogP contribution in [-0.4, -0.2) is 29.9 Å². The molecule has 3 aromatic heterocycles. The minimum absolute atomic E-state index is 0.196. The predicted octanol–water partition coefficient (Wildman–Crippen LogP) is 2.76. The Balaban J connectivity index is 1.87. The van der Waals surface area contributed by atoms with E-state index in [9.17, 15) is 5.11 Å². The van der Waals surface area contributed by atoms with E-state index in [1.807, 2.05) is 31.8 Å². The van der Waals surface area contributed by atoms with Crippen LogP contribution in [0.4, 0.5) is 0 Å². The van der Waals surface area contributed by atoms with Crippen molar-refractivity contribution in [3.63, 3.8) is 0 Å². The number of rotatable bonds is 2. The molecule has 1 aliphatic carbocycles. The van der Waals surface area contributed by atoms with E-state index in [1.54, 1.807) is 8.65 Å². The maximum absolute atomic E-state index is 10.1. The number of nitrogens with zero attached hydrogens (tertiary/aromatic N) is 4. The van der Waals surface area contributed by atoms with Gasteiger partial charge in [-0.3, -0.25) is 8.65 Å². The Hall–Kier alpha value is -1.79. The first-order valence-corrected chi connectivity index (χ1v) is 7.91.